The van der Waals surface area contributed by atoms with Crippen LogP contribution in [0.4, 0.5) is 5.69 Å². The fourth-order valence-corrected chi connectivity index (χ4v) is 6.43. The van der Waals surface area contributed by atoms with E-state index in [1.807, 2.05) is 19.1 Å². The lowest BCUT2D eigenvalue weighted by Crippen LogP contribution is -2.55. The van der Waals surface area contributed by atoms with Gasteiger partial charge in [-0.2, -0.15) is 0 Å². The third-order valence-electron chi connectivity index (χ3n) is 7.90. The van der Waals surface area contributed by atoms with E-state index in [2.05, 4.69) is 5.32 Å². The van der Waals surface area contributed by atoms with Crippen LogP contribution in [0.15, 0.2) is 59.2 Å². The second-order valence-corrected chi connectivity index (χ2v) is 9.77. The van der Waals surface area contributed by atoms with Crippen LogP contribution in [-0.2, 0) is 23.9 Å². The van der Waals surface area contributed by atoms with Gasteiger partial charge in [-0.05, 0) is 37.3 Å². The van der Waals surface area contributed by atoms with Crippen molar-refractivity contribution in [1.29, 1.82) is 0 Å². The summed E-state index contributed by atoms with van der Waals surface area (Å²) >= 11 is 0. The molecule has 1 N–H and O–H groups in total. The molecule has 2 amide bonds. The largest absolute Gasteiger partial charge is 0.467 e. The number of piperidine rings is 1. The van der Waals surface area contributed by atoms with Crippen LogP contribution in [0.2, 0.25) is 0 Å². The minimum absolute atomic E-state index is 0.0320. The maximum atomic E-state index is 14.0. The molecule has 3 fully saturated rings. The van der Waals surface area contributed by atoms with Gasteiger partial charge in [0.15, 0.2) is 0 Å². The number of carbonyl (C=O) groups is 4. The highest BCUT2D eigenvalue weighted by Crippen LogP contribution is 2.60. The first-order valence-corrected chi connectivity index (χ1v) is 12.2. The van der Waals surface area contributed by atoms with Crippen LogP contribution < -0.4 is 5.32 Å². The standard InChI is InChI=1S/C27H26N2O7/c1-3-34-26(33)15-6-4-7-16(12-15)28-24(31)21-20-9-10-27(36-20)22(21)25(32)29-17(19-8-5-11-35-19)13-18(30)14(2)23(27)29/h4-12,14,17,20-23H,3,13H2,1-2H3,(H,28,31)/t14?,17?,20?,21?,22-,23?,27+/m1/s1. The Morgan fingerprint density at radius 2 is 2.06 bits per heavy atom. The zero-order valence-electron chi connectivity index (χ0n) is 19.9. The number of benzene rings is 1. The molecule has 6 rings (SSSR count). The van der Waals surface area contributed by atoms with Gasteiger partial charge in [0, 0.05) is 18.0 Å². The number of nitrogens with one attached hydrogen (secondary N) is 1. The summed E-state index contributed by atoms with van der Waals surface area (Å²) in [4.78, 5) is 54.4. The predicted octanol–water partition coefficient (Wildman–Crippen LogP) is 2.90. The molecule has 186 valence electrons. The third-order valence-corrected chi connectivity index (χ3v) is 7.90. The Morgan fingerprint density at radius 1 is 1.22 bits per heavy atom. The van der Waals surface area contributed by atoms with Crippen molar-refractivity contribution in [3.05, 3.63) is 66.1 Å². The number of ketones is 1. The van der Waals surface area contributed by atoms with E-state index in [-0.39, 0.29) is 30.6 Å². The third kappa shape index (κ3) is 3.12. The van der Waals surface area contributed by atoms with Gasteiger partial charge in [0.1, 0.15) is 17.1 Å². The molecule has 1 aromatic heterocycles. The molecule has 1 aromatic carbocycles. The lowest BCUT2D eigenvalue weighted by atomic mass is 9.70. The normalized spacial score (nSPS) is 34.0. The van der Waals surface area contributed by atoms with E-state index in [1.54, 1.807) is 48.2 Å². The van der Waals surface area contributed by atoms with E-state index >= 15 is 0 Å². The Morgan fingerprint density at radius 3 is 2.81 bits per heavy atom. The van der Waals surface area contributed by atoms with E-state index in [1.165, 1.54) is 6.26 Å². The lowest BCUT2D eigenvalue weighted by Gasteiger charge is -2.43. The number of amides is 2. The van der Waals surface area contributed by atoms with Crippen molar-refractivity contribution in [1.82, 2.24) is 4.90 Å². The molecule has 2 aromatic rings. The molecule has 5 unspecified atom stereocenters. The highest BCUT2D eigenvalue weighted by Gasteiger charge is 2.74. The van der Waals surface area contributed by atoms with Crippen molar-refractivity contribution < 1.29 is 33.1 Å². The molecule has 9 nitrogen and oxygen atoms in total. The Hall–Kier alpha value is -3.72. The van der Waals surface area contributed by atoms with Crippen molar-refractivity contribution in [2.75, 3.05) is 11.9 Å². The summed E-state index contributed by atoms with van der Waals surface area (Å²) in [6, 6.07) is 8.91. The Kier molecular flexibility index (Phi) is 5.15. The summed E-state index contributed by atoms with van der Waals surface area (Å²) in [6.07, 6.45) is 4.78. The molecule has 9 heteroatoms. The van der Waals surface area contributed by atoms with Gasteiger partial charge in [-0.25, -0.2) is 4.79 Å². The molecule has 36 heavy (non-hydrogen) atoms. The first-order chi connectivity index (χ1) is 17.4. The lowest BCUT2D eigenvalue weighted by molar-refractivity contribution is -0.147. The van der Waals surface area contributed by atoms with E-state index in [0.717, 1.165) is 0 Å². The number of ether oxygens (including phenoxy) is 2. The van der Waals surface area contributed by atoms with Gasteiger partial charge in [-0.1, -0.05) is 25.1 Å². The van der Waals surface area contributed by atoms with Gasteiger partial charge in [0.05, 0.1) is 48.5 Å². The number of nitrogens with zero attached hydrogens (tertiary/aromatic N) is 1. The first-order valence-electron chi connectivity index (χ1n) is 12.2. The molecule has 7 atom stereocenters. The molecular formula is C27H26N2O7. The zero-order valence-corrected chi connectivity index (χ0v) is 19.9. The molecule has 4 aliphatic rings. The molecule has 5 heterocycles. The summed E-state index contributed by atoms with van der Waals surface area (Å²) in [7, 11) is 0. The smallest absolute Gasteiger partial charge is 0.338 e. The van der Waals surface area contributed by atoms with Gasteiger partial charge in [0.2, 0.25) is 11.8 Å². The number of hydrogen-bond donors (Lipinski definition) is 1. The van der Waals surface area contributed by atoms with Crippen LogP contribution in [0.25, 0.3) is 0 Å². The van der Waals surface area contributed by atoms with E-state index in [9.17, 15) is 19.2 Å². The minimum atomic E-state index is -1.06. The van der Waals surface area contributed by atoms with Crippen molar-refractivity contribution in [2.24, 2.45) is 17.8 Å². The fourth-order valence-electron chi connectivity index (χ4n) is 6.43. The van der Waals surface area contributed by atoms with Crippen LogP contribution >= 0.6 is 0 Å². The molecular weight excluding hydrogens is 464 g/mol. The second kappa shape index (κ2) is 8.16. The Bertz CT molecular complexity index is 1280. The van der Waals surface area contributed by atoms with Crippen LogP contribution in [0.5, 0.6) is 0 Å². The maximum Gasteiger partial charge on any atom is 0.338 e. The summed E-state index contributed by atoms with van der Waals surface area (Å²) < 4.78 is 17.0. The van der Waals surface area contributed by atoms with Crippen molar-refractivity contribution in [2.45, 2.75) is 44.1 Å². The zero-order chi connectivity index (χ0) is 25.2. The van der Waals surface area contributed by atoms with Crippen LogP contribution in [-0.4, -0.2) is 52.8 Å². The number of rotatable bonds is 5. The van der Waals surface area contributed by atoms with Gasteiger partial charge >= 0.3 is 5.97 Å². The average molecular weight is 491 g/mol. The van der Waals surface area contributed by atoms with Gasteiger partial charge in [-0.15, -0.1) is 0 Å². The summed E-state index contributed by atoms with van der Waals surface area (Å²) in [6.45, 7) is 3.78. The van der Waals surface area contributed by atoms with E-state index in [4.69, 9.17) is 13.9 Å². The van der Waals surface area contributed by atoms with E-state index in [0.29, 0.717) is 17.0 Å². The summed E-state index contributed by atoms with van der Waals surface area (Å²) in [5, 5.41) is 2.86. The highest BCUT2D eigenvalue weighted by molar-refractivity contribution is 6.01. The van der Waals surface area contributed by atoms with Gasteiger partial charge < -0.3 is 24.1 Å². The van der Waals surface area contributed by atoms with E-state index < -0.39 is 47.5 Å². The van der Waals surface area contributed by atoms with Crippen molar-refractivity contribution >= 4 is 29.3 Å². The fraction of sp³-hybridized carbons (Fsp3) is 0.407. The SMILES string of the molecule is CCOC(=O)c1cccc(NC(=O)C2C3C=C[C@@]4(O3)C3C(C)C(=O)CC(c5ccco5)N3C(=O)[C@@H]24)c1. The minimum Gasteiger partial charge on any atom is -0.467 e. The Balaban J connectivity index is 1.32. The summed E-state index contributed by atoms with van der Waals surface area (Å²) in [5.41, 5.74) is -0.318. The number of Topliss-reactive ketones (excluding diaryl/α,β-unsaturated/α-hetero) is 1. The number of anilines is 1. The second-order valence-electron chi connectivity index (χ2n) is 9.77. The molecule has 0 aliphatic carbocycles. The number of furan rings is 1. The van der Waals surface area contributed by atoms with Gasteiger partial charge in [-0.3, -0.25) is 14.4 Å². The quantitative estimate of drug-likeness (QED) is 0.506. The van der Waals surface area contributed by atoms with Crippen LogP contribution in [0.1, 0.15) is 42.4 Å². The maximum absolute atomic E-state index is 14.0. The first kappa shape index (κ1) is 22.7. The van der Waals surface area contributed by atoms with Crippen molar-refractivity contribution in [3.63, 3.8) is 0 Å². The van der Waals surface area contributed by atoms with Crippen LogP contribution in [0, 0.1) is 17.8 Å². The van der Waals surface area contributed by atoms with Crippen LogP contribution in [0.3, 0.4) is 0 Å². The number of carbonyl (C=O) groups excluding carboxylic acids is 4. The summed E-state index contributed by atoms with van der Waals surface area (Å²) in [5.74, 6) is -2.49. The Labute approximate surface area is 207 Å². The highest BCUT2D eigenvalue weighted by atomic mass is 16.5. The monoisotopic (exact) mass is 490 g/mol. The van der Waals surface area contributed by atoms with Crippen molar-refractivity contribution in [3.8, 4) is 0 Å². The number of hydrogen-bond acceptors (Lipinski definition) is 7. The molecule has 4 aliphatic heterocycles. The molecule has 1 spiro atoms. The topological polar surface area (TPSA) is 115 Å². The average Bonchev–Trinajstić information content (AvgIpc) is 3.64. The molecule has 3 saturated heterocycles. The molecule has 2 bridgehead atoms. The number of esters is 1. The number of fused-ring (bicyclic) bond motifs is 2. The predicted molar refractivity (Wildman–Crippen MR) is 126 cm³/mol. The van der Waals surface area contributed by atoms with Gasteiger partial charge in [0.25, 0.3) is 0 Å². The molecule has 0 radical (unpaired) electrons. The molecule has 0 saturated carbocycles.